The second kappa shape index (κ2) is 14.4. The Morgan fingerprint density at radius 1 is 0.825 bits per heavy atom. The minimum atomic E-state index is -0.826. The Morgan fingerprint density at radius 2 is 1.50 bits per heavy atom. The summed E-state index contributed by atoms with van der Waals surface area (Å²) in [6, 6.07) is 36.6. The molecule has 0 spiro atoms. The zero-order valence-electron chi connectivity index (χ0n) is 24.0. The molecule has 202 valence electrons. The monoisotopic (exact) mass is 656 g/mol. The summed E-state index contributed by atoms with van der Waals surface area (Å²) in [5, 5.41) is 5.62. The normalized spacial score (nSPS) is 11.5. The zero-order chi connectivity index (χ0) is 28.7. The quantitative estimate of drug-likeness (QED) is 0.131. The van der Waals surface area contributed by atoms with Crippen molar-refractivity contribution in [3.05, 3.63) is 114 Å². The Hall–Kier alpha value is -1.83. The van der Waals surface area contributed by atoms with Gasteiger partial charge in [0.25, 0.3) is 0 Å². The molecule has 0 saturated carbocycles. The molecular formula is C36H36Cl2SiZr. The maximum absolute atomic E-state index is 4.93. The standard InChI is InChI=1S/C24H29.C12H7Si.2ClH.Zr/c1-6-10-18-13-14-19-15-20(24(3,4)5)16-22(19)23(18)21-12-9-8-11-17(21)7-2;1-3-7-11-9(5-1)10-6-2-4-8-12(10)13-11;;;/h8-9,11-16H,6-7,10H2,1-5H3;1-7H;2*1H;/q2*-1;;;+4/p-2. The van der Waals surface area contributed by atoms with E-state index in [9.17, 15) is 0 Å². The van der Waals surface area contributed by atoms with Crippen LogP contribution in [0.15, 0.2) is 91.0 Å². The first-order valence-electron chi connectivity index (χ1n) is 14.0. The van der Waals surface area contributed by atoms with Crippen molar-refractivity contribution in [1.82, 2.24) is 0 Å². The summed E-state index contributed by atoms with van der Waals surface area (Å²) < 4.78 is 0. The number of fused-ring (bicyclic) bond motifs is 4. The van der Waals surface area contributed by atoms with Crippen molar-refractivity contribution < 1.29 is 20.8 Å². The SMILES string of the molecule is CCCc1ccc2[cH-]c(C(C)(C)C)cc2c1-c1ccccc1CC.[Cl][Zr+2][Cl].[c-]1cccc2c1[Si]c1ccccc1-2. The molecule has 5 aromatic carbocycles. The van der Waals surface area contributed by atoms with Crippen LogP contribution in [0.5, 0.6) is 0 Å². The van der Waals surface area contributed by atoms with E-state index in [0.29, 0.717) is 0 Å². The first kappa shape index (κ1) is 31.1. The van der Waals surface area contributed by atoms with Crippen molar-refractivity contribution in [2.24, 2.45) is 0 Å². The summed E-state index contributed by atoms with van der Waals surface area (Å²) in [6.45, 7) is 11.4. The molecule has 0 aromatic heterocycles. The summed E-state index contributed by atoms with van der Waals surface area (Å²) in [4.78, 5) is 0. The zero-order valence-corrected chi connectivity index (χ0v) is 29.0. The number of hydrogen-bond donors (Lipinski definition) is 0. The fourth-order valence-electron chi connectivity index (χ4n) is 5.35. The van der Waals surface area contributed by atoms with Crippen molar-refractivity contribution in [3.8, 4) is 22.3 Å². The van der Waals surface area contributed by atoms with Crippen LogP contribution < -0.4 is 10.4 Å². The van der Waals surface area contributed by atoms with Crippen LogP contribution in [-0.4, -0.2) is 9.52 Å². The van der Waals surface area contributed by atoms with E-state index in [0.717, 1.165) is 22.4 Å². The van der Waals surface area contributed by atoms with Crippen molar-refractivity contribution >= 4 is 47.7 Å². The maximum atomic E-state index is 4.93. The largest absolute Gasteiger partial charge is 0.184 e. The second-order valence-electron chi connectivity index (χ2n) is 11.1. The molecule has 0 fully saturated rings. The number of benzene rings is 4. The van der Waals surface area contributed by atoms with Crippen LogP contribution in [0.3, 0.4) is 0 Å². The number of halogens is 2. The molecule has 0 saturated heterocycles. The smallest absolute Gasteiger partial charge is 0.0920 e. The average molecular weight is 659 g/mol. The minimum absolute atomic E-state index is 0.186. The Labute approximate surface area is 262 Å². The van der Waals surface area contributed by atoms with E-state index in [-0.39, 0.29) is 5.41 Å². The Kier molecular flexibility index (Phi) is 11.2. The fourth-order valence-corrected chi connectivity index (χ4v) is 6.66. The maximum Gasteiger partial charge on any atom is 0.0920 e. The number of hydrogen-bond acceptors (Lipinski definition) is 0. The van der Waals surface area contributed by atoms with E-state index >= 15 is 0 Å². The van der Waals surface area contributed by atoms with Crippen LogP contribution in [-0.2, 0) is 39.1 Å². The Morgan fingerprint density at radius 3 is 2.20 bits per heavy atom. The minimum Gasteiger partial charge on any atom is -0.184 e. The molecular weight excluding hydrogens is 623 g/mol. The van der Waals surface area contributed by atoms with E-state index in [1.807, 2.05) is 6.07 Å². The summed E-state index contributed by atoms with van der Waals surface area (Å²) in [5.41, 5.74) is 10.2. The number of aryl methyl sites for hydroxylation is 2. The van der Waals surface area contributed by atoms with Gasteiger partial charge in [-0.3, -0.25) is 0 Å². The molecule has 2 radical (unpaired) electrons. The van der Waals surface area contributed by atoms with Gasteiger partial charge in [-0.05, 0) is 29.4 Å². The van der Waals surface area contributed by atoms with E-state index < -0.39 is 20.8 Å². The van der Waals surface area contributed by atoms with Gasteiger partial charge in [0.2, 0.25) is 0 Å². The molecule has 5 aromatic rings. The van der Waals surface area contributed by atoms with Crippen molar-refractivity contribution in [2.45, 2.75) is 59.3 Å². The molecule has 4 heteroatoms. The van der Waals surface area contributed by atoms with Crippen molar-refractivity contribution in [1.29, 1.82) is 0 Å². The molecule has 0 N–H and O–H groups in total. The van der Waals surface area contributed by atoms with Gasteiger partial charge in [0.05, 0.1) is 9.52 Å². The van der Waals surface area contributed by atoms with Crippen LogP contribution in [0.1, 0.15) is 57.7 Å². The Bertz CT molecular complexity index is 1520. The van der Waals surface area contributed by atoms with E-state index in [2.05, 4.69) is 126 Å². The molecule has 1 aliphatic rings. The van der Waals surface area contributed by atoms with Gasteiger partial charge in [-0.25, -0.2) is 0 Å². The van der Waals surface area contributed by atoms with E-state index in [4.69, 9.17) is 17.0 Å². The topological polar surface area (TPSA) is 0 Å². The summed E-state index contributed by atoms with van der Waals surface area (Å²) >= 11 is -0.826. The molecule has 1 aliphatic heterocycles. The van der Waals surface area contributed by atoms with Gasteiger partial charge >= 0.3 is 37.9 Å². The molecule has 0 unspecified atom stereocenters. The van der Waals surface area contributed by atoms with Crippen LogP contribution in [0.25, 0.3) is 33.0 Å². The predicted molar refractivity (Wildman–Crippen MR) is 174 cm³/mol. The third-order valence-electron chi connectivity index (χ3n) is 7.36. The van der Waals surface area contributed by atoms with Gasteiger partial charge in [-0.1, -0.05) is 111 Å². The van der Waals surface area contributed by atoms with Gasteiger partial charge < -0.3 is 0 Å². The van der Waals surface area contributed by atoms with Crippen molar-refractivity contribution in [3.63, 3.8) is 0 Å². The average Bonchev–Trinajstić information content (AvgIpc) is 3.56. The fraction of sp³-hybridized carbons (Fsp3) is 0.250. The second-order valence-corrected chi connectivity index (χ2v) is 16.1. The predicted octanol–water partition coefficient (Wildman–Crippen LogP) is 9.54. The van der Waals surface area contributed by atoms with Crippen molar-refractivity contribution in [2.75, 3.05) is 0 Å². The van der Waals surface area contributed by atoms with Gasteiger partial charge in [-0.15, -0.1) is 40.1 Å². The molecule has 1 heterocycles. The van der Waals surface area contributed by atoms with Crippen LogP contribution >= 0.6 is 17.0 Å². The molecule has 0 bridgehead atoms. The van der Waals surface area contributed by atoms with Crippen LogP contribution in [0, 0.1) is 6.07 Å². The first-order chi connectivity index (χ1) is 19.3. The Balaban J connectivity index is 0.000000192. The van der Waals surface area contributed by atoms with Crippen LogP contribution in [0.2, 0.25) is 0 Å². The van der Waals surface area contributed by atoms with E-state index in [1.54, 1.807) is 0 Å². The molecule has 0 nitrogen and oxygen atoms in total. The van der Waals surface area contributed by atoms with Gasteiger partial charge in [0.15, 0.2) is 0 Å². The van der Waals surface area contributed by atoms with Gasteiger partial charge in [0, 0.05) is 0 Å². The summed E-state index contributed by atoms with van der Waals surface area (Å²) in [6.07, 6.45) is 3.39. The van der Waals surface area contributed by atoms with E-state index in [1.165, 1.54) is 66.5 Å². The summed E-state index contributed by atoms with van der Waals surface area (Å²) in [5.74, 6) is 0. The first-order valence-corrected chi connectivity index (χ1v) is 21.3. The third kappa shape index (κ3) is 7.14. The molecule has 0 atom stereocenters. The molecule has 6 rings (SSSR count). The van der Waals surface area contributed by atoms with Gasteiger partial charge in [0.1, 0.15) is 0 Å². The number of rotatable bonds is 4. The van der Waals surface area contributed by atoms with Gasteiger partial charge in [-0.2, -0.15) is 35.5 Å². The summed E-state index contributed by atoms with van der Waals surface area (Å²) in [7, 11) is 10.7. The third-order valence-corrected chi connectivity index (χ3v) is 8.73. The molecule has 0 aliphatic carbocycles. The molecule has 40 heavy (non-hydrogen) atoms. The molecule has 0 amide bonds. The van der Waals surface area contributed by atoms with Crippen LogP contribution in [0.4, 0.5) is 0 Å².